The molecule has 0 fully saturated rings. The van der Waals surface area contributed by atoms with Crippen molar-refractivity contribution >= 4 is 28.8 Å². The monoisotopic (exact) mass is 290 g/mol. The lowest BCUT2D eigenvalue weighted by molar-refractivity contribution is -0.115. The van der Waals surface area contributed by atoms with E-state index in [0.717, 1.165) is 16.5 Å². The highest BCUT2D eigenvalue weighted by molar-refractivity contribution is 6.09. The summed E-state index contributed by atoms with van der Waals surface area (Å²) in [6, 6.07) is 18.7. The first-order chi connectivity index (χ1) is 10.7. The average Bonchev–Trinajstić information content (AvgIpc) is 2.98. The van der Waals surface area contributed by atoms with Gasteiger partial charge in [-0.05, 0) is 23.8 Å². The molecule has 4 heteroatoms. The normalized spacial score (nSPS) is 10.9. The molecule has 0 aliphatic rings. The van der Waals surface area contributed by atoms with Crippen molar-refractivity contribution in [1.29, 1.82) is 0 Å². The number of amides is 2. The largest absolute Gasteiger partial charge is 0.351 e. The van der Waals surface area contributed by atoms with E-state index in [1.165, 1.54) is 6.08 Å². The summed E-state index contributed by atoms with van der Waals surface area (Å²) in [5, 5.41) is 3.26. The number of carbonyl (C=O) groups excluding carboxylic acids is 2. The quantitative estimate of drug-likeness (QED) is 0.728. The molecular weight excluding hydrogens is 276 g/mol. The fourth-order valence-electron chi connectivity index (χ4n) is 2.15. The summed E-state index contributed by atoms with van der Waals surface area (Å²) >= 11 is 0. The maximum absolute atomic E-state index is 12.0. The summed E-state index contributed by atoms with van der Waals surface area (Å²) in [4.78, 5) is 26.8. The van der Waals surface area contributed by atoms with Crippen LogP contribution in [0.2, 0.25) is 0 Å². The number of benzene rings is 2. The van der Waals surface area contributed by atoms with Crippen molar-refractivity contribution in [1.82, 2.24) is 10.3 Å². The topological polar surface area (TPSA) is 62.0 Å². The van der Waals surface area contributed by atoms with E-state index in [2.05, 4.69) is 10.3 Å². The Morgan fingerprint density at radius 2 is 1.68 bits per heavy atom. The number of rotatable bonds is 3. The minimum Gasteiger partial charge on any atom is -0.351 e. The Bertz CT molecular complexity index is 815. The Hall–Kier alpha value is -3.14. The Morgan fingerprint density at radius 1 is 0.955 bits per heavy atom. The van der Waals surface area contributed by atoms with Gasteiger partial charge in [0.15, 0.2) is 0 Å². The van der Waals surface area contributed by atoms with Gasteiger partial charge in [0.1, 0.15) is 5.69 Å². The van der Waals surface area contributed by atoms with Gasteiger partial charge in [-0.25, -0.2) is 0 Å². The number of fused-ring (bicyclic) bond motifs is 1. The second kappa shape index (κ2) is 6.10. The standard InChI is InChI=1S/C18H14N2O2/c21-17(11-10-13-6-2-1-3-7-13)20-18(22)16-12-14-8-4-5-9-15(14)19-16/h1-12,19H,(H,20,21,22)/b11-10+. The minimum absolute atomic E-state index is 0.364. The number of H-pyrrole nitrogens is 1. The number of imide groups is 1. The molecule has 0 atom stereocenters. The van der Waals surface area contributed by atoms with E-state index in [1.807, 2.05) is 54.6 Å². The highest BCUT2D eigenvalue weighted by atomic mass is 16.2. The van der Waals surface area contributed by atoms with Gasteiger partial charge >= 0.3 is 0 Å². The highest BCUT2D eigenvalue weighted by Gasteiger charge is 2.11. The first-order valence-electron chi connectivity index (χ1n) is 6.88. The van der Waals surface area contributed by atoms with Crippen molar-refractivity contribution in [2.24, 2.45) is 0 Å². The molecule has 0 aliphatic heterocycles. The predicted molar refractivity (Wildman–Crippen MR) is 86.2 cm³/mol. The number of aromatic amines is 1. The fraction of sp³-hybridized carbons (Fsp3) is 0. The summed E-state index contributed by atoms with van der Waals surface area (Å²) in [5.74, 6) is -0.897. The molecule has 0 saturated carbocycles. The van der Waals surface area contributed by atoms with Crippen LogP contribution in [-0.2, 0) is 4.79 Å². The average molecular weight is 290 g/mol. The number of para-hydroxylation sites is 1. The summed E-state index contributed by atoms with van der Waals surface area (Å²) < 4.78 is 0. The number of carbonyl (C=O) groups is 2. The third-order valence-electron chi connectivity index (χ3n) is 3.24. The molecule has 3 rings (SSSR count). The highest BCUT2D eigenvalue weighted by Crippen LogP contribution is 2.14. The molecule has 22 heavy (non-hydrogen) atoms. The molecule has 3 aromatic rings. The van der Waals surface area contributed by atoms with Crippen molar-refractivity contribution in [2.45, 2.75) is 0 Å². The second-order valence-electron chi connectivity index (χ2n) is 4.83. The van der Waals surface area contributed by atoms with Crippen LogP contribution < -0.4 is 5.32 Å². The summed E-state index contributed by atoms with van der Waals surface area (Å²) in [7, 11) is 0. The third-order valence-corrected chi connectivity index (χ3v) is 3.24. The van der Waals surface area contributed by atoms with E-state index in [0.29, 0.717) is 5.69 Å². The molecule has 2 amide bonds. The smallest absolute Gasteiger partial charge is 0.274 e. The molecule has 0 saturated heterocycles. The number of hydrogen-bond acceptors (Lipinski definition) is 2. The van der Waals surface area contributed by atoms with Crippen LogP contribution in [0, 0.1) is 0 Å². The van der Waals surface area contributed by atoms with Crippen LogP contribution in [-0.4, -0.2) is 16.8 Å². The Balaban J connectivity index is 1.68. The van der Waals surface area contributed by atoms with Crippen molar-refractivity contribution < 1.29 is 9.59 Å². The van der Waals surface area contributed by atoms with Gasteiger partial charge in [0.25, 0.3) is 11.8 Å². The van der Waals surface area contributed by atoms with Gasteiger partial charge in [0.2, 0.25) is 0 Å². The molecule has 0 aliphatic carbocycles. The summed E-state index contributed by atoms with van der Waals surface area (Å²) in [5.41, 5.74) is 2.12. The number of aromatic nitrogens is 1. The van der Waals surface area contributed by atoms with E-state index < -0.39 is 11.8 Å². The lowest BCUT2D eigenvalue weighted by Crippen LogP contribution is -2.28. The molecule has 108 valence electrons. The second-order valence-corrected chi connectivity index (χ2v) is 4.83. The zero-order chi connectivity index (χ0) is 15.4. The van der Waals surface area contributed by atoms with Crippen LogP contribution in [0.4, 0.5) is 0 Å². The molecule has 1 heterocycles. The van der Waals surface area contributed by atoms with Crippen molar-refractivity contribution in [3.63, 3.8) is 0 Å². The van der Waals surface area contributed by atoms with E-state index in [4.69, 9.17) is 0 Å². The molecule has 1 aromatic heterocycles. The van der Waals surface area contributed by atoms with Crippen LogP contribution >= 0.6 is 0 Å². The first-order valence-corrected chi connectivity index (χ1v) is 6.88. The van der Waals surface area contributed by atoms with Crippen LogP contribution in [0.25, 0.3) is 17.0 Å². The fourth-order valence-corrected chi connectivity index (χ4v) is 2.15. The third kappa shape index (κ3) is 3.12. The van der Waals surface area contributed by atoms with Gasteiger partial charge in [-0.2, -0.15) is 0 Å². The molecule has 0 bridgehead atoms. The summed E-state index contributed by atoms with van der Waals surface area (Å²) in [6.45, 7) is 0. The Kier molecular flexibility index (Phi) is 3.83. The van der Waals surface area contributed by atoms with Gasteiger partial charge in [0, 0.05) is 17.0 Å². The van der Waals surface area contributed by atoms with Gasteiger partial charge < -0.3 is 4.98 Å². The molecule has 4 nitrogen and oxygen atoms in total. The predicted octanol–water partition coefficient (Wildman–Crippen LogP) is 3.14. The van der Waals surface area contributed by atoms with E-state index in [-0.39, 0.29) is 0 Å². The maximum atomic E-state index is 12.0. The zero-order valence-electron chi connectivity index (χ0n) is 11.7. The zero-order valence-corrected chi connectivity index (χ0v) is 11.7. The Morgan fingerprint density at radius 3 is 2.45 bits per heavy atom. The molecular formula is C18H14N2O2. The first kappa shape index (κ1) is 13.8. The van der Waals surface area contributed by atoms with Gasteiger partial charge in [0.05, 0.1) is 0 Å². The lowest BCUT2D eigenvalue weighted by Gasteiger charge is -1.98. The van der Waals surface area contributed by atoms with Crippen molar-refractivity contribution in [3.05, 3.63) is 78.0 Å². The van der Waals surface area contributed by atoms with E-state index in [9.17, 15) is 9.59 Å². The maximum Gasteiger partial charge on any atom is 0.274 e. The van der Waals surface area contributed by atoms with Gasteiger partial charge in [-0.15, -0.1) is 0 Å². The lowest BCUT2D eigenvalue weighted by atomic mass is 10.2. The molecule has 2 aromatic carbocycles. The van der Waals surface area contributed by atoms with Crippen LogP contribution in [0.5, 0.6) is 0 Å². The minimum atomic E-state index is -0.451. The van der Waals surface area contributed by atoms with Gasteiger partial charge in [-0.3, -0.25) is 14.9 Å². The van der Waals surface area contributed by atoms with Crippen LogP contribution in [0.15, 0.2) is 66.7 Å². The van der Waals surface area contributed by atoms with Gasteiger partial charge in [-0.1, -0.05) is 48.5 Å². The molecule has 0 spiro atoms. The van der Waals surface area contributed by atoms with Crippen molar-refractivity contribution in [2.75, 3.05) is 0 Å². The van der Waals surface area contributed by atoms with Crippen molar-refractivity contribution in [3.8, 4) is 0 Å². The Labute approximate surface area is 127 Å². The molecule has 0 radical (unpaired) electrons. The summed E-state index contributed by atoms with van der Waals surface area (Å²) in [6.07, 6.45) is 3.00. The van der Waals surface area contributed by atoms with E-state index >= 15 is 0 Å². The SMILES string of the molecule is O=C(/C=C/c1ccccc1)NC(=O)c1cc2ccccc2[nH]1. The van der Waals surface area contributed by atoms with E-state index in [1.54, 1.807) is 12.1 Å². The number of hydrogen-bond donors (Lipinski definition) is 2. The number of nitrogens with one attached hydrogen (secondary N) is 2. The van der Waals surface area contributed by atoms with Crippen LogP contribution in [0.1, 0.15) is 16.1 Å². The molecule has 2 N–H and O–H groups in total. The molecule has 0 unspecified atom stereocenters. The van der Waals surface area contributed by atoms with Crippen LogP contribution in [0.3, 0.4) is 0 Å².